The van der Waals surface area contributed by atoms with E-state index in [4.69, 9.17) is 0 Å². The molecule has 0 heterocycles. The molecular formula is C19H22O. The number of Topliss-reactive ketones (excluding diaryl/α,β-unsaturated/α-hetero) is 1. The molecule has 2 aromatic carbocycles. The van der Waals surface area contributed by atoms with E-state index in [2.05, 4.69) is 0 Å². The van der Waals surface area contributed by atoms with E-state index in [1.807, 2.05) is 88.4 Å². The first-order chi connectivity index (χ1) is 9.37. The summed E-state index contributed by atoms with van der Waals surface area (Å²) in [5.41, 5.74) is 1.13. The van der Waals surface area contributed by atoms with Gasteiger partial charge in [-0.25, -0.2) is 0 Å². The van der Waals surface area contributed by atoms with Gasteiger partial charge in [0.2, 0.25) is 0 Å². The predicted molar refractivity (Wildman–Crippen MR) is 83.9 cm³/mol. The van der Waals surface area contributed by atoms with Crippen molar-refractivity contribution in [3.05, 3.63) is 71.8 Å². The molecule has 2 aromatic rings. The Morgan fingerprint density at radius 2 is 0.950 bits per heavy atom. The minimum absolute atomic E-state index is 0.238. The summed E-state index contributed by atoms with van der Waals surface area (Å²) in [6.07, 6.45) is 0. The lowest BCUT2D eigenvalue weighted by Crippen LogP contribution is -2.42. The smallest absolute Gasteiger partial charge is 0.152 e. The summed E-state index contributed by atoms with van der Waals surface area (Å²) in [6.45, 7) is 8.04. The van der Waals surface area contributed by atoms with Crippen LogP contribution in [0, 0.1) is 0 Å². The van der Waals surface area contributed by atoms with Crippen molar-refractivity contribution in [2.45, 2.75) is 38.5 Å². The van der Waals surface area contributed by atoms with Gasteiger partial charge < -0.3 is 0 Å². The Hall–Kier alpha value is -1.89. The molecule has 2 rings (SSSR count). The van der Waals surface area contributed by atoms with Crippen molar-refractivity contribution in [3.8, 4) is 0 Å². The zero-order valence-electron chi connectivity index (χ0n) is 12.7. The Kier molecular flexibility index (Phi) is 3.80. The van der Waals surface area contributed by atoms with Crippen molar-refractivity contribution in [2.24, 2.45) is 0 Å². The molecule has 104 valence electrons. The summed E-state index contributed by atoms with van der Waals surface area (Å²) in [6, 6.07) is 20.0. The Morgan fingerprint density at radius 3 is 1.25 bits per heavy atom. The minimum atomic E-state index is -0.499. The second kappa shape index (κ2) is 5.24. The van der Waals surface area contributed by atoms with E-state index in [9.17, 15) is 4.79 Å². The third kappa shape index (κ3) is 2.53. The number of hydrogen-bond donors (Lipinski definition) is 0. The van der Waals surface area contributed by atoms with Gasteiger partial charge in [-0.05, 0) is 38.8 Å². The zero-order chi connectivity index (χ0) is 14.8. The number of benzene rings is 2. The molecule has 0 N–H and O–H groups in total. The van der Waals surface area contributed by atoms with Crippen molar-refractivity contribution >= 4 is 5.78 Å². The molecule has 0 saturated carbocycles. The number of ketones is 1. The average molecular weight is 266 g/mol. The topological polar surface area (TPSA) is 17.1 Å². The Labute approximate surface area is 121 Å². The molecule has 1 heteroatoms. The van der Waals surface area contributed by atoms with Crippen molar-refractivity contribution < 1.29 is 4.79 Å². The number of carbonyl (C=O) groups excluding carboxylic acids is 1. The Bertz CT molecular complexity index is 526. The summed E-state index contributed by atoms with van der Waals surface area (Å²) < 4.78 is 0. The monoisotopic (exact) mass is 266 g/mol. The van der Waals surface area contributed by atoms with Crippen LogP contribution in [0.25, 0.3) is 0 Å². The highest BCUT2D eigenvalue weighted by molar-refractivity contribution is 5.97. The normalized spacial score (nSPS) is 12.2. The Balaban J connectivity index is 2.40. The van der Waals surface area contributed by atoms with Gasteiger partial charge in [-0.1, -0.05) is 60.7 Å². The van der Waals surface area contributed by atoms with E-state index in [0.29, 0.717) is 0 Å². The fourth-order valence-corrected chi connectivity index (χ4v) is 2.75. The quantitative estimate of drug-likeness (QED) is 0.795. The number of hydrogen-bond acceptors (Lipinski definition) is 1. The molecule has 0 atom stereocenters. The summed E-state index contributed by atoms with van der Waals surface area (Å²) in [5, 5.41) is 0. The average Bonchev–Trinajstić information content (AvgIpc) is 2.48. The van der Waals surface area contributed by atoms with E-state index >= 15 is 0 Å². The van der Waals surface area contributed by atoms with E-state index in [0.717, 1.165) is 11.1 Å². The number of carbonyl (C=O) groups is 1. The first-order valence-corrected chi connectivity index (χ1v) is 7.03. The summed E-state index contributed by atoms with van der Waals surface area (Å²) >= 11 is 0. The molecule has 0 unspecified atom stereocenters. The van der Waals surface area contributed by atoms with Gasteiger partial charge >= 0.3 is 0 Å². The molecule has 0 radical (unpaired) electrons. The SMILES string of the molecule is CC(C)(C(=O)C(C)(C)c1ccccc1)c1ccccc1. The maximum Gasteiger partial charge on any atom is 0.152 e. The van der Waals surface area contributed by atoms with Crippen LogP contribution < -0.4 is 0 Å². The van der Waals surface area contributed by atoms with Gasteiger partial charge in [0.05, 0.1) is 0 Å². The summed E-state index contributed by atoms with van der Waals surface area (Å²) in [7, 11) is 0. The first-order valence-electron chi connectivity index (χ1n) is 7.03. The van der Waals surface area contributed by atoms with Crippen LogP contribution in [0.1, 0.15) is 38.8 Å². The van der Waals surface area contributed by atoms with Crippen LogP contribution in [-0.4, -0.2) is 5.78 Å². The minimum Gasteiger partial charge on any atom is -0.298 e. The van der Waals surface area contributed by atoms with Gasteiger partial charge in [0.15, 0.2) is 5.78 Å². The fourth-order valence-electron chi connectivity index (χ4n) is 2.75. The highest BCUT2D eigenvalue weighted by Gasteiger charge is 2.40. The van der Waals surface area contributed by atoms with E-state index < -0.39 is 10.8 Å². The van der Waals surface area contributed by atoms with Crippen LogP contribution in [0.5, 0.6) is 0 Å². The van der Waals surface area contributed by atoms with Crippen LogP contribution >= 0.6 is 0 Å². The van der Waals surface area contributed by atoms with E-state index in [-0.39, 0.29) is 5.78 Å². The largest absolute Gasteiger partial charge is 0.298 e. The van der Waals surface area contributed by atoms with E-state index in [1.54, 1.807) is 0 Å². The molecule has 0 aliphatic carbocycles. The molecular weight excluding hydrogens is 244 g/mol. The molecule has 20 heavy (non-hydrogen) atoms. The second-order valence-electron chi connectivity index (χ2n) is 6.31. The van der Waals surface area contributed by atoms with Gasteiger partial charge in [-0.3, -0.25) is 4.79 Å². The lowest BCUT2D eigenvalue weighted by atomic mass is 9.67. The van der Waals surface area contributed by atoms with Gasteiger partial charge in [-0.15, -0.1) is 0 Å². The van der Waals surface area contributed by atoms with Gasteiger partial charge in [-0.2, -0.15) is 0 Å². The molecule has 0 bridgehead atoms. The molecule has 0 saturated heterocycles. The van der Waals surface area contributed by atoms with E-state index in [1.165, 1.54) is 0 Å². The van der Waals surface area contributed by atoms with Crippen LogP contribution in [0.15, 0.2) is 60.7 Å². The standard InChI is InChI=1S/C19H22O/c1-18(2,15-11-7-5-8-12-15)17(20)19(3,4)16-13-9-6-10-14-16/h5-14H,1-4H3. The van der Waals surface area contributed by atoms with Crippen molar-refractivity contribution in [3.63, 3.8) is 0 Å². The first kappa shape index (κ1) is 14.5. The highest BCUT2D eigenvalue weighted by Crippen LogP contribution is 2.35. The van der Waals surface area contributed by atoms with Gasteiger partial charge in [0, 0.05) is 10.8 Å². The number of rotatable bonds is 4. The summed E-state index contributed by atoms with van der Waals surface area (Å²) in [5.74, 6) is 0.238. The van der Waals surface area contributed by atoms with Gasteiger partial charge in [0.25, 0.3) is 0 Å². The molecule has 0 amide bonds. The molecule has 0 spiro atoms. The maximum absolute atomic E-state index is 13.1. The van der Waals surface area contributed by atoms with Crippen molar-refractivity contribution in [1.82, 2.24) is 0 Å². The molecule has 1 nitrogen and oxygen atoms in total. The lowest BCUT2D eigenvalue weighted by Gasteiger charge is -2.34. The van der Waals surface area contributed by atoms with Gasteiger partial charge in [0.1, 0.15) is 0 Å². The lowest BCUT2D eigenvalue weighted by molar-refractivity contribution is -0.128. The van der Waals surface area contributed by atoms with Crippen LogP contribution in [0.4, 0.5) is 0 Å². The molecule has 0 fully saturated rings. The molecule has 0 aliphatic rings. The predicted octanol–water partition coefficient (Wildman–Crippen LogP) is 4.51. The van der Waals surface area contributed by atoms with Crippen LogP contribution in [0.3, 0.4) is 0 Å². The third-order valence-corrected chi connectivity index (χ3v) is 4.13. The molecule has 0 aliphatic heterocycles. The van der Waals surface area contributed by atoms with Crippen LogP contribution in [0.2, 0.25) is 0 Å². The second-order valence-corrected chi connectivity index (χ2v) is 6.31. The highest BCUT2D eigenvalue weighted by atomic mass is 16.1. The third-order valence-electron chi connectivity index (χ3n) is 4.13. The zero-order valence-corrected chi connectivity index (χ0v) is 12.7. The maximum atomic E-state index is 13.1. The Morgan fingerprint density at radius 1 is 0.650 bits per heavy atom. The molecule has 0 aromatic heterocycles. The van der Waals surface area contributed by atoms with Crippen LogP contribution in [-0.2, 0) is 15.6 Å². The van der Waals surface area contributed by atoms with Crippen molar-refractivity contribution in [2.75, 3.05) is 0 Å². The fraction of sp³-hybridized carbons (Fsp3) is 0.316. The summed E-state index contributed by atoms with van der Waals surface area (Å²) in [4.78, 5) is 13.1. The van der Waals surface area contributed by atoms with Crippen molar-refractivity contribution in [1.29, 1.82) is 0 Å².